The molecule has 8 nitrogen and oxygen atoms in total. The zero-order valence-corrected chi connectivity index (χ0v) is 18.3. The van der Waals surface area contributed by atoms with Gasteiger partial charge in [-0.1, -0.05) is 17.7 Å². The highest BCUT2D eigenvalue weighted by Crippen LogP contribution is 2.48. The fourth-order valence-corrected chi connectivity index (χ4v) is 4.56. The first kappa shape index (κ1) is 22.0. The van der Waals surface area contributed by atoms with Crippen LogP contribution in [-0.2, 0) is 19.9 Å². The summed E-state index contributed by atoms with van der Waals surface area (Å²) in [6, 6.07) is 11.6. The molecule has 0 bridgehead atoms. The van der Waals surface area contributed by atoms with Crippen molar-refractivity contribution in [3.63, 3.8) is 0 Å². The van der Waals surface area contributed by atoms with Crippen molar-refractivity contribution in [2.24, 2.45) is 5.92 Å². The van der Waals surface area contributed by atoms with Crippen LogP contribution < -0.4 is 16.0 Å². The van der Waals surface area contributed by atoms with E-state index in [9.17, 15) is 19.5 Å². The lowest BCUT2D eigenvalue weighted by molar-refractivity contribution is -0.130. The van der Waals surface area contributed by atoms with E-state index in [0.29, 0.717) is 28.9 Å². The van der Waals surface area contributed by atoms with Crippen LogP contribution in [0.5, 0.6) is 0 Å². The minimum Gasteiger partial charge on any atom is -0.462 e. The lowest BCUT2D eigenvalue weighted by Crippen LogP contribution is -2.53. The molecule has 8 heteroatoms. The van der Waals surface area contributed by atoms with Gasteiger partial charge in [-0.3, -0.25) is 14.9 Å². The summed E-state index contributed by atoms with van der Waals surface area (Å²) in [5, 5.41) is 19.2. The van der Waals surface area contributed by atoms with E-state index < -0.39 is 29.6 Å². The predicted molar refractivity (Wildman–Crippen MR) is 119 cm³/mol. The van der Waals surface area contributed by atoms with E-state index in [1.165, 1.54) is 0 Å². The van der Waals surface area contributed by atoms with Gasteiger partial charge in [-0.05, 0) is 57.5 Å². The van der Waals surface area contributed by atoms with E-state index in [2.05, 4.69) is 16.0 Å². The number of rotatable bonds is 5. The van der Waals surface area contributed by atoms with Crippen molar-refractivity contribution >= 4 is 29.2 Å². The van der Waals surface area contributed by atoms with Gasteiger partial charge in [0.1, 0.15) is 5.54 Å². The third-order valence-electron chi connectivity index (χ3n) is 6.19. The Hall–Kier alpha value is -3.23. The van der Waals surface area contributed by atoms with Crippen LogP contribution in [0.4, 0.5) is 11.4 Å². The van der Waals surface area contributed by atoms with Crippen molar-refractivity contribution in [3.05, 3.63) is 59.2 Å². The van der Waals surface area contributed by atoms with Crippen LogP contribution in [0.3, 0.4) is 0 Å². The molecule has 1 spiro atoms. The molecule has 2 aromatic carbocycles. The molecule has 2 amide bonds. The number of hydrogen-bond donors (Lipinski definition) is 4. The molecule has 32 heavy (non-hydrogen) atoms. The molecule has 0 saturated carbocycles. The Bertz CT molecular complexity index is 1070. The van der Waals surface area contributed by atoms with Crippen LogP contribution in [0, 0.1) is 12.8 Å². The molecular weight excluding hydrogens is 410 g/mol. The van der Waals surface area contributed by atoms with E-state index in [1.54, 1.807) is 38.1 Å². The summed E-state index contributed by atoms with van der Waals surface area (Å²) in [7, 11) is 0. The average molecular weight is 437 g/mol. The van der Waals surface area contributed by atoms with Crippen molar-refractivity contribution < 1.29 is 24.2 Å². The molecule has 4 atom stereocenters. The molecule has 0 radical (unpaired) electrons. The van der Waals surface area contributed by atoms with Gasteiger partial charge in [-0.25, -0.2) is 4.79 Å². The second-order valence-electron chi connectivity index (χ2n) is 8.38. The largest absolute Gasteiger partial charge is 0.462 e. The van der Waals surface area contributed by atoms with E-state index in [-0.39, 0.29) is 18.4 Å². The number of fused-ring (bicyclic) bond motifs is 2. The fourth-order valence-electron chi connectivity index (χ4n) is 4.56. The van der Waals surface area contributed by atoms with Crippen LogP contribution in [0.2, 0.25) is 0 Å². The van der Waals surface area contributed by atoms with Crippen LogP contribution in [-0.4, -0.2) is 41.6 Å². The summed E-state index contributed by atoms with van der Waals surface area (Å²) in [4.78, 5) is 38.4. The number of carbonyl (C=O) groups excluding carboxylic acids is 3. The summed E-state index contributed by atoms with van der Waals surface area (Å²) < 4.78 is 4.98. The number of hydrogen-bond acceptors (Lipinski definition) is 6. The highest BCUT2D eigenvalue weighted by atomic mass is 16.5. The van der Waals surface area contributed by atoms with Gasteiger partial charge in [-0.2, -0.15) is 0 Å². The molecule has 4 rings (SSSR count). The molecule has 168 valence electrons. The third kappa shape index (κ3) is 3.65. The summed E-state index contributed by atoms with van der Waals surface area (Å²) in [5.41, 5.74) is 1.96. The van der Waals surface area contributed by atoms with Gasteiger partial charge in [0.15, 0.2) is 0 Å². The Balaban J connectivity index is 1.64. The van der Waals surface area contributed by atoms with E-state index in [0.717, 1.165) is 5.56 Å². The van der Waals surface area contributed by atoms with Gasteiger partial charge >= 0.3 is 5.97 Å². The predicted octanol–water partition coefficient (Wildman–Crippen LogP) is 2.32. The van der Waals surface area contributed by atoms with Crippen molar-refractivity contribution in [2.45, 2.75) is 44.9 Å². The number of benzene rings is 2. The number of ether oxygens (including phenoxy) is 1. The summed E-state index contributed by atoms with van der Waals surface area (Å²) in [6.07, 6.45) is -0.444. The highest BCUT2D eigenvalue weighted by Gasteiger charge is 2.60. The van der Waals surface area contributed by atoms with E-state index in [4.69, 9.17) is 4.74 Å². The number of nitrogens with one attached hydrogen (secondary N) is 3. The van der Waals surface area contributed by atoms with Gasteiger partial charge in [0.2, 0.25) is 11.8 Å². The maximum Gasteiger partial charge on any atom is 0.338 e. The minimum absolute atomic E-state index is 0.279. The first-order chi connectivity index (χ1) is 15.3. The molecule has 4 N–H and O–H groups in total. The zero-order chi connectivity index (χ0) is 23.0. The quantitative estimate of drug-likeness (QED) is 0.534. The highest BCUT2D eigenvalue weighted by molar-refractivity contribution is 6.10. The number of aliphatic hydroxyl groups is 1. The summed E-state index contributed by atoms with van der Waals surface area (Å²) in [6.45, 7) is 5.58. The lowest BCUT2D eigenvalue weighted by Gasteiger charge is -2.29. The molecule has 2 aliphatic rings. The smallest absolute Gasteiger partial charge is 0.338 e. The van der Waals surface area contributed by atoms with Crippen LogP contribution in [0.25, 0.3) is 0 Å². The molecule has 2 heterocycles. The second-order valence-corrected chi connectivity index (χ2v) is 8.38. The topological polar surface area (TPSA) is 117 Å². The number of aliphatic hydroxyl groups excluding tert-OH is 1. The van der Waals surface area contributed by atoms with Crippen molar-refractivity contribution in [3.8, 4) is 0 Å². The SMILES string of the molecule is CCOC(=O)c1ccc(NC(=O)[C@@H]2C[C@H]([C@@H](C)O)N[C@@]23C(=O)Nc2ccc(C)cc23)cc1. The van der Waals surface area contributed by atoms with E-state index >= 15 is 0 Å². The Labute approximate surface area is 186 Å². The van der Waals surface area contributed by atoms with Crippen LogP contribution >= 0.6 is 0 Å². The normalized spacial score (nSPS) is 24.7. The number of amides is 2. The van der Waals surface area contributed by atoms with Crippen molar-refractivity contribution in [1.82, 2.24) is 5.32 Å². The van der Waals surface area contributed by atoms with E-state index in [1.807, 2.05) is 25.1 Å². The molecule has 2 aromatic rings. The third-order valence-corrected chi connectivity index (χ3v) is 6.19. The van der Waals surface area contributed by atoms with Crippen LogP contribution in [0.1, 0.15) is 41.8 Å². The standard InChI is InChI=1S/C24H27N3O5/c1-4-32-22(30)15-6-8-16(9-7-15)25-21(29)18-12-20(14(3)28)27-24(18)17-11-13(2)5-10-19(17)26-23(24)31/h5-11,14,18,20,27-28H,4,12H2,1-3H3,(H,25,29)(H,26,31)/t14-,18+,20-,24-/m1/s1. The van der Waals surface area contributed by atoms with Crippen molar-refractivity contribution in [2.75, 3.05) is 17.2 Å². The van der Waals surface area contributed by atoms with Crippen molar-refractivity contribution in [1.29, 1.82) is 0 Å². The Morgan fingerprint density at radius 3 is 2.62 bits per heavy atom. The molecule has 0 unspecified atom stereocenters. The molecule has 1 fully saturated rings. The van der Waals surface area contributed by atoms with Gasteiger partial charge in [0.25, 0.3) is 0 Å². The molecule has 0 aliphatic carbocycles. The number of carbonyl (C=O) groups is 3. The zero-order valence-electron chi connectivity index (χ0n) is 18.3. The number of aryl methyl sites for hydroxylation is 1. The maximum absolute atomic E-state index is 13.4. The Morgan fingerprint density at radius 2 is 1.97 bits per heavy atom. The van der Waals surface area contributed by atoms with Gasteiger partial charge in [0.05, 0.1) is 24.2 Å². The van der Waals surface area contributed by atoms with Gasteiger partial charge < -0.3 is 20.5 Å². The fraction of sp³-hybridized carbons (Fsp3) is 0.375. The lowest BCUT2D eigenvalue weighted by atomic mass is 9.79. The molecule has 0 aromatic heterocycles. The second kappa shape index (κ2) is 8.37. The van der Waals surface area contributed by atoms with Gasteiger partial charge in [0, 0.05) is 23.0 Å². The average Bonchev–Trinajstić information content (AvgIpc) is 3.29. The molecule has 2 aliphatic heterocycles. The van der Waals surface area contributed by atoms with Crippen LogP contribution in [0.15, 0.2) is 42.5 Å². The Morgan fingerprint density at radius 1 is 1.25 bits per heavy atom. The first-order valence-electron chi connectivity index (χ1n) is 10.7. The molecule has 1 saturated heterocycles. The number of anilines is 2. The van der Waals surface area contributed by atoms with Gasteiger partial charge in [-0.15, -0.1) is 0 Å². The summed E-state index contributed by atoms with van der Waals surface area (Å²) >= 11 is 0. The minimum atomic E-state index is -1.27. The maximum atomic E-state index is 13.4. The Kier molecular flexibility index (Phi) is 5.75. The number of esters is 1. The molecular formula is C24H27N3O5. The summed E-state index contributed by atoms with van der Waals surface area (Å²) in [5.74, 6) is -1.82. The monoisotopic (exact) mass is 437 g/mol. The first-order valence-corrected chi connectivity index (χ1v) is 10.7.